The van der Waals surface area contributed by atoms with Gasteiger partial charge in [-0.15, -0.1) is 0 Å². The normalized spacial score (nSPS) is 11.6. The van der Waals surface area contributed by atoms with E-state index in [1.807, 2.05) is 67.4 Å². The summed E-state index contributed by atoms with van der Waals surface area (Å²) in [5.41, 5.74) is 24.0. The first-order chi connectivity index (χ1) is 51.5. The molecule has 0 atom stereocenters. The zero-order valence-electron chi connectivity index (χ0n) is 64.8. The van der Waals surface area contributed by atoms with Crippen molar-refractivity contribution in [3.63, 3.8) is 0 Å². The van der Waals surface area contributed by atoms with E-state index in [-0.39, 0.29) is 5.75 Å². The number of phenols is 1. The van der Waals surface area contributed by atoms with Crippen molar-refractivity contribution < 1.29 is 9.84 Å². The zero-order chi connectivity index (χ0) is 75.7. The van der Waals surface area contributed by atoms with Crippen molar-refractivity contribution in [2.24, 2.45) is 0 Å². The first-order valence-electron chi connectivity index (χ1n) is 37.9. The minimum atomic E-state index is 0.253. The Balaban J connectivity index is 0.000000167. The van der Waals surface area contributed by atoms with Crippen LogP contribution in [0.25, 0.3) is 90.6 Å². The number of phenolic OH excluding ortho intramolecular Hbond substituents is 1. The van der Waals surface area contributed by atoms with Gasteiger partial charge >= 0.3 is 0 Å². The Labute approximate surface area is 642 Å². The van der Waals surface area contributed by atoms with Gasteiger partial charge < -0.3 is 9.84 Å². The van der Waals surface area contributed by atoms with Crippen LogP contribution in [0.15, 0.2) is 272 Å². The van der Waals surface area contributed by atoms with Crippen LogP contribution < -0.4 is 4.74 Å². The predicted octanol–water partition coefficient (Wildman–Crippen LogP) is 27.1. The van der Waals surface area contributed by atoms with Crippen LogP contribution in [-0.4, -0.2) is 43.3 Å². The van der Waals surface area contributed by atoms with Crippen molar-refractivity contribution in [3.05, 3.63) is 317 Å². The standard InChI is InChI=1S/C48H50N4O.C27H27BrN2.C21H24N2O/c1-31(2)41-19-13-20-42(32(3)4)45(41)51-25-23-49-47(51)36-17-12-18-39(28-36)53-40-29-37(35-15-10-9-11-16-35)27-38(30-40)48-50-24-26-52(48)46-43(33(5)6)21-14-22-44(46)34(7)8;1-18(2)24-11-8-12-25(19(3)4)26(24)30-14-13-29-27(30)22-15-21(16-23(28)17-22)20-9-6-5-7-10-20;1-14(2)18-9-6-10-19(15(3)4)20(18)23-12-11-22-21(23)16-7-5-8-17(24)13-16/h9-34H,1-8H3;5-19H,1-4H3;5-15,24H,1-4H3. The molecule has 0 spiro atoms. The Morgan fingerprint density at radius 1 is 0.262 bits per heavy atom. The molecule has 107 heavy (non-hydrogen) atoms. The van der Waals surface area contributed by atoms with Crippen molar-refractivity contribution in [2.75, 3.05) is 0 Å². The van der Waals surface area contributed by atoms with Gasteiger partial charge in [0.25, 0.3) is 0 Å². The first kappa shape index (κ1) is 75.8. The predicted molar refractivity (Wildman–Crippen MR) is 449 cm³/mol. The number of halogens is 1. The van der Waals surface area contributed by atoms with E-state index in [1.165, 1.54) is 78.4 Å². The molecule has 0 aliphatic rings. The highest BCUT2D eigenvalue weighted by atomic mass is 79.9. The van der Waals surface area contributed by atoms with E-state index in [0.29, 0.717) is 47.3 Å². The van der Waals surface area contributed by atoms with E-state index < -0.39 is 0 Å². The lowest BCUT2D eigenvalue weighted by Crippen LogP contribution is -2.08. The molecule has 0 aliphatic carbocycles. The molecule has 544 valence electrons. The van der Waals surface area contributed by atoms with Crippen molar-refractivity contribution in [3.8, 4) is 108 Å². The van der Waals surface area contributed by atoms with Crippen LogP contribution in [0.4, 0.5) is 0 Å². The highest BCUT2D eigenvalue weighted by Crippen LogP contribution is 2.42. The van der Waals surface area contributed by atoms with E-state index >= 15 is 0 Å². The van der Waals surface area contributed by atoms with Gasteiger partial charge in [-0.05, 0) is 175 Å². The number of rotatable bonds is 20. The van der Waals surface area contributed by atoms with Gasteiger partial charge in [-0.1, -0.05) is 284 Å². The van der Waals surface area contributed by atoms with E-state index in [2.05, 4.69) is 338 Å². The van der Waals surface area contributed by atoms with Crippen molar-refractivity contribution in [2.45, 2.75) is 158 Å². The third-order valence-electron chi connectivity index (χ3n) is 19.9. The number of para-hydroxylation sites is 4. The molecule has 0 fully saturated rings. The molecule has 14 rings (SSSR count). The second-order valence-electron chi connectivity index (χ2n) is 30.2. The lowest BCUT2D eigenvalue weighted by atomic mass is 9.92. The third kappa shape index (κ3) is 16.9. The molecule has 4 aromatic heterocycles. The molecular weight excluding hydrogens is 1380 g/mol. The molecule has 10 nitrogen and oxygen atoms in total. The second-order valence-corrected chi connectivity index (χ2v) is 31.2. The molecule has 0 unspecified atom stereocenters. The second kappa shape index (κ2) is 33.7. The summed E-state index contributed by atoms with van der Waals surface area (Å²) < 4.78 is 16.8. The number of hydrogen-bond acceptors (Lipinski definition) is 6. The fourth-order valence-corrected chi connectivity index (χ4v) is 15.0. The molecule has 0 saturated heterocycles. The van der Waals surface area contributed by atoms with Crippen LogP contribution in [0, 0.1) is 0 Å². The molecule has 0 radical (unpaired) electrons. The van der Waals surface area contributed by atoms with Gasteiger partial charge in [0.05, 0.1) is 22.7 Å². The van der Waals surface area contributed by atoms with E-state index in [9.17, 15) is 5.11 Å². The van der Waals surface area contributed by atoms with E-state index in [1.54, 1.807) is 12.1 Å². The average molecular weight is 1480 g/mol. The SMILES string of the molecule is CC(C)c1cccc(C(C)C)c1-n1ccnc1-c1cc(Br)cc(-c2ccccc2)c1.CC(C)c1cccc(C(C)C)c1-n1ccnc1-c1cccc(O)c1.CC(C)c1cccc(C(C)C)c1-n1ccnc1-c1cccc(Oc2cc(-c3ccccc3)cc(-c3nccn3-c3c(C(C)C)cccc3C(C)C)c2)c1. The summed E-state index contributed by atoms with van der Waals surface area (Å²) in [4.78, 5) is 19.2. The number of nitrogens with zero attached hydrogens (tertiary/aromatic N) is 8. The Bertz CT molecular complexity index is 5230. The molecule has 14 aromatic rings. The molecule has 10 aromatic carbocycles. The average Bonchev–Trinajstić information content (AvgIpc) is 1.75. The summed E-state index contributed by atoms with van der Waals surface area (Å²) >= 11 is 3.72. The maximum Gasteiger partial charge on any atom is 0.144 e. The summed E-state index contributed by atoms with van der Waals surface area (Å²) in [5.74, 6) is 8.43. The number of aromatic hydroxyl groups is 1. The largest absolute Gasteiger partial charge is 0.508 e. The zero-order valence-corrected chi connectivity index (χ0v) is 66.4. The van der Waals surface area contributed by atoms with Crippen molar-refractivity contribution in [1.82, 2.24) is 38.2 Å². The van der Waals surface area contributed by atoms with Gasteiger partial charge in [-0.25, -0.2) is 19.9 Å². The molecular formula is C96H101BrN8O2. The lowest BCUT2D eigenvalue weighted by molar-refractivity contribution is 0.475. The quantitative estimate of drug-likeness (QED) is 0.0816. The van der Waals surface area contributed by atoms with Gasteiger partial charge in [0.1, 0.15) is 40.5 Å². The minimum Gasteiger partial charge on any atom is -0.508 e. The molecule has 0 bridgehead atoms. The van der Waals surface area contributed by atoms with Gasteiger partial charge in [-0.2, -0.15) is 0 Å². The summed E-state index contributed by atoms with van der Waals surface area (Å²) in [6, 6.07) is 76.0. The molecule has 11 heteroatoms. The smallest absolute Gasteiger partial charge is 0.144 e. The highest BCUT2D eigenvalue weighted by Gasteiger charge is 2.25. The van der Waals surface area contributed by atoms with Gasteiger partial charge in [0.15, 0.2) is 0 Å². The van der Waals surface area contributed by atoms with E-state index in [0.717, 1.165) is 72.7 Å². The van der Waals surface area contributed by atoms with Gasteiger partial charge in [0.2, 0.25) is 0 Å². The van der Waals surface area contributed by atoms with E-state index in [4.69, 9.17) is 19.7 Å². The Kier molecular flexibility index (Phi) is 23.9. The van der Waals surface area contributed by atoms with Gasteiger partial charge in [-0.3, -0.25) is 18.3 Å². The Morgan fingerprint density at radius 2 is 0.523 bits per heavy atom. The topological polar surface area (TPSA) is 101 Å². The fourth-order valence-electron chi connectivity index (χ4n) is 14.5. The van der Waals surface area contributed by atoms with Crippen molar-refractivity contribution in [1.29, 1.82) is 0 Å². The maximum absolute atomic E-state index is 9.82. The van der Waals surface area contributed by atoms with Crippen molar-refractivity contribution >= 4 is 15.9 Å². The number of benzene rings is 10. The van der Waals surface area contributed by atoms with Gasteiger partial charge in [0, 0.05) is 76.3 Å². The number of aromatic nitrogens is 8. The third-order valence-corrected chi connectivity index (χ3v) is 20.3. The lowest BCUT2D eigenvalue weighted by Gasteiger charge is -2.22. The highest BCUT2D eigenvalue weighted by molar-refractivity contribution is 9.10. The maximum atomic E-state index is 9.82. The van der Waals surface area contributed by atoms with Crippen LogP contribution in [0.5, 0.6) is 17.2 Å². The summed E-state index contributed by atoms with van der Waals surface area (Å²) in [5, 5.41) is 9.82. The monoisotopic (exact) mass is 1480 g/mol. The molecule has 4 heterocycles. The Hall–Kier alpha value is -10.9. The van der Waals surface area contributed by atoms with Crippen LogP contribution in [-0.2, 0) is 0 Å². The summed E-state index contributed by atoms with van der Waals surface area (Å²) in [6.07, 6.45) is 15.8. The molecule has 1 N–H and O–H groups in total. The van der Waals surface area contributed by atoms with Crippen LogP contribution in [0.3, 0.4) is 0 Å². The first-order valence-corrected chi connectivity index (χ1v) is 38.6. The number of imidazole rings is 4. The fraction of sp³-hybridized carbons (Fsp3) is 0.250. The van der Waals surface area contributed by atoms with Crippen LogP contribution >= 0.6 is 15.9 Å². The number of ether oxygens (including phenoxy) is 1. The molecule has 0 aliphatic heterocycles. The van der Waals surface area contributed by atoms with Crippen LogP contribution in [0.1, 0.15) is 203 Å². The minimum absolute atomic E-state index is 0.253. The van der Waals surface area contributed by atoms with Crippen LogP contribution in [0.2, 0.25) is 0 Å². The Morgan fingerprint density at radius 3 is 0.860 bits per heavy atom. The number of hydrogen-bond donors (Lipinski definition) is 1. The molecule has 0 saturated carbocycles. The summed E-state index contributed by atoms with van der Waals surface area (Å²) in [7, 11) is 0. The molecule has 0 amide bonds. The summed E-state index contributed by atoms with van der Waals surface area (Å²) in [6.45, 7) is 35.9.